The van der Waals surface area contributed by atoms with Crippen molar-refractivity contribution in [3.8, 4) is 44.6 Å². The van der Waals surface area contributed by atoms with Crippen LogP contribution >= 0.6 is 0 Å². The van der Waals surface area contributed by atoms with Crippen molar-refractivity contribution in [3.63, 3.8) is 0 Å². The molecule has 0 N–H and O–H groups in total. The minimum atomic E-state index is 0.322. The minimum absolute atomic E-state index is 0.322. The maximum absolute atomic E-state index is 5.10. The zero-order chi connectivity index (χ0) is 34.5. The summed E-state index contributed by atoms with van der Waals surface area (Å²) >= 11 is 0. The van der Waals surface area contributed by atoms with E-state index in [2.05, 4.69) is 169 Å². The average molecular weight is 646 g/mol. The van der Waals surface area contributed by atoms with Gasteiger partial charge in [-0.05, 0) is 126 Å². The zero-order valence-electron chi connectivity index (χ0n) is 29.9. The van der Waals surface area contributed by atoms with Gasteiger partial charge in [0.05, 0.1) is 5.69 Å². The molecule has 1 unspecified atom stereocenters. The van der Waals surface area contributed by atoms with E-state index in [0.29, 0.717) is 5.92 Å². The van der Waals surface area contributed by atoms with Gasteiger partial charge in [0.1, 0.15) is 0 Å². The molecule has 6 aromatic carbocycles. The molecule has 0 saturated heterocycles. The van der Waals surface area contributed by atoms with Gasteiger partial charge in [-0.1, -0.05) is 138 Å². The molecule has 0 spiro atoms. The molecule has 1 aliphatic rings. The van der Waals surface area contributed by atoms with Crippen molar-refractivity contribution >= 4 is 21.5 Å². The molecule has 0 aliphatic heterocycles. The lowest BCUT2D eigenvalue weighted by atomic mass is 9.79. The van der Waals surface area contributed by atoms with E-state index in [-0.39, 0.29) is 0 Å². The second kappa shape index (κ2) is 12.7. The monoisotopic (exact) mass is 645 g/mol. The number of aromatic nitrogens is 1. The molecule has 1 heterocycles. The number of fused-ring (bicyclic) bond motifs is 2. The van der Waals surface area contributed by atoms with E-state index >= 15 is 0 Å². The van der Waals surface area contributed by atoms with Gasteiger partial charge >= 0.3 is 0 Å². The molecule has 0 radical (unpaired) electrons. The van der Waals surface area contributed by atoms with Crippen molar-refractivity contribution < 1.29 is 0 Å². The van der Waals surface area contributed by atoms with Gasteiger partial charge in [-0.2, -0.15) is 0 Å². The standard InChI is InChI=1S/C49H43N/c1-30-22-31(2)25-38(24-30)48-43-14-9-10-15-44(43)49(39-26-32(3)23-33(4)27-39)46-28-36(18-20-45(46)48)47-21-19-37(29-50-47)41-16-11-17-42(35(41)6)40-13-8-7-12-34(40)5/h7-24,26-29,38H,25H2,1-6H3. The van der Waals surface area contributed by atoms with E-state index in [1.54, 1.807) is 0 Å². The van der Waals surface area contributed by atoms with E-state index in [1.807, 2.05) is 6.20 Å². The van der Waals surface area contributed by atoms with Crippen molar-refractivity contribution in [3.05, 3.63) is 173 Å². The number of hydrogen-bond acceptors (Lipinski definition) is 1. The van der Waals surface area contributed by atoms with Crippen molar-refractivity contribution in [2.24, 2.45) is 0 Å². The highest BCUT2D eigenvalue weighted by Gasteiger charge is 2.23. The first-order valence-corrected chi connectivity index (χ1v) is 17.8. The van der Waals surface area contributed by atoms with E-state index in [9.17, 15) is 0 Å². The number of benzene rings is 6. The first-order chi connectivity index (χ1) is 24.2. The maximum Gasteiger partial charge on any atom is 0.0702 e. The molecule has 0 saturated carbocycles. The Morgan fingerprint density at radius 2 is 1.22 bits per heavy atom. The van der Waals surface area contributed by atoms with Gasteiger partial charge < -0.3 is 0 Å². The van der Waals surface area contributed by atoms with E-state index < -0.39 is 0 Å². The van der Waals surface area contributed by atoms with Crippen LogP contribution in [0.15, 0.2) is 145 Å². The van der Waals surface area contributed by atoms with Crippen LogP contribution in [0.4, 0.5) is 0 Å². The summed E-state index contributed by atoms with van der Waals surface area (Å²) in [5.41, 5.74) is 18.9. The highest BCUT2D eigenvalue weighted by molar-refractivity contribution is 6.16. The van der Waals surface area contributed by atoms with E-state index in [4.69, 9.17) is 4.98 Å². The third-order valence-electron chi connectivity index (χ3n) is 10.6. The molecule has 7 aromatic rings. The number of nitrogens with zero attached hydrogens (tertiary/aromatic N) is 1. The summed E-state index contributed by atoms with van der Waals surface area (Å²) in [7, 11) is 0. The van der Waals surface area contributed by atoms with Crippen LogP contribution in [-0.2, 0) is 0 Å². The lowest BCUT2D eigenvalue weighted by Gasteiger charge is -2.25. The lowest BCUT2D eigenvalue weighted by Crippen LogP contribution is -2.04. The molecule has 0 fully saturated rings. The van der Waals surface area contributed by atoms with E-state index in [1.165, 1.54) is 88.3 Å². The summed E-state index contributed by atoms with van der Waals surface area (Å²) in [5, 5.41) is 5.26. The predicted octanol–water partition coefficient (Wildman–Crippen LogP) is 13.7. The molecule has 50 heavy (non-hydrogen) atoms. The van der Waals surface area contributed by atoms with Gasteiger partial charge in [0, 0.05) is 23.2 Å². The Morgan fingerprint density at radius 1 is 0.540 bits per heavy atom. The third-order valence-corrected chi connectivity index (χ3v) is 10.6. The molecule has 1 aliphatic carbocycles. The predicted molar refractivity (Wildman–Crippen MR) is 215 cm³/mol. The second-order valence-corrected chi connectivity index (χ2v) is 14.4. The Labute approximate surface area is 296 Å². The molecule has 0 bridgehead atoms. The smallest absolute Gasteiger partial charge is 0.0702 e. The molecule has 244 valence electrons. The van der Waals surface area contributed by atoms with Gasteiger partial charge in [-0.15, -0.1) is 0 Å². The summed E-state index contributed by atoms with van der Waals surface area (Å²) in [5.74, 6) is 0.322. The molecular formula is C49H43N. The Balaban J connectivity index is 1.30. The van der Waals surface area contributed by atoms with Gasteiger partial charge in [0.2, 0.25) is 0 Å². The minimum Gasteiger partial charge on any atom is -0.256 e. The quantitative estimate of drug-likeness (QED) is 0.170. The number of aryl methyl sites for hydroxylation is 3. The van der Waals surface area contributed by atoms with Crippen LogP contribution in [0.25, 0.3) is 66.2 Å². The van der Waals surface area contributed by atoms with Crippen LogP contribution in [0.1, 0.15) is 54.0 Å². The first kappa shape index (κ1) is 31.7. The summed E-state index contributed by atoms with van der Waals surface area (Å²) in [4.78, 5) is 5.10. The zero-order valence-corrected chi connectivity index (χ0v) is 29.9. The average Bonchev–Trinajstić information content (AvgIpc) is 3.10. The summed E-state index contributed by atoms with van der Waals surface area (Å²) in [6, 6.07) is 42.7. The molecule has 0 amide bonds. The summed E-state index contributed by atoms with van der Waals surface area (Å²) in [6.45, 7) is 13.3. The molecular weight excluding hydrogens is 603 g/mol. The second-order valence-electron chi connectivity index (χ2n) is 14.4. The van der Waals surface area contributed by atoms with Crippen molar-refractivity contribution in [1.82, 2.24) is 4.98 Å². The van der Waals surface area contributed by atoms with Gasteiger partial charge in [0.15, 0.2) is 0 Å². The summed E-state index contributed by atoms with van der Waals surface area (Å²) < 4.78 is 0. The normalized spacial score (nSPS) is 14.6. The Morgan fingerprint density at radius 3 is 1.96 bits per heavy atom. The van der Waals surface area contributed by atoms with Crippen molar-refractivity contribution in [1.29, 1.82) is 0 Å². The molecule has 1 atom stereocenters. The van der Waals surface area contributed by atoms with Gasteiger partial charge in [-0.3, -0.25) is 4.98 Å². The maximum atomic E-state index is 5.10. The number of rotatable bonds is 5. The molecule has 1 aromatic heterocycles. The van der Waals surface area contributed by atoms with Crippen LogP contribution in [0.5, 0.6) is 0 Å². The van der Waals surface area contributed by atoms with E-state index in [0.717, 1.165) is 23.2 Å². The van der Waals surface area contributed by atoms with Crippen LogP contribution in [0.3, 0.4) is 0 Å². The third kappa shape index (κ3) is 5.67. The molecule has 1 nitrogen and oxygen atoms in total. The summed E-state index contributed by atoms with van der Waals surface area (Å²) in [6.07, 6.45) is 7.88. The number of allylic oxidation sites excluding steroid dienone is 4. The highest BCUT2D eigenvalue weighted by atomic mass is 14.7. The van der Waals surface area contributed by atoms with Crippen LogP contribution in [0, 0.1) is 27.7 Å². The van der Waals surface area contributed by atoms with Crippen molar-refractivity contribution in [2.45, 2.75) is 53.9 Å². The fourth-order valence-corrected chi connectivity index (χ4v) is 8.44. The fourth-order valence-electron chi connectivity index (χ4n) is 8.44. The van der Waals surface area contributed by atoms with Crippen LogP contribution in [0.2, 0.25) is 0 Å². The van der Waals surface area contributed by atoms with Gasteiger partial charge in [0.25, 0.3) is 0 Å². The van der Waals surface area contributed by atoms with Gasteiger partial charge in [-0.25, -0.2) is 0 Å². The Bertz CT molecular complexity index is 2490. The molecule has 1 heteroatoms. The number of hydrogen-bond donors (Lipinski definition) is 0. The first-order valence-electron chi connectivity index (χ1n) is 17.8. The topological polar surface area (TPSA) is 12.9 Å². The molecule has 8 rings (SSSR count). The fraction of sp³-hybridized carbons (Fsp3) is 0.163. The Kier molecular flexibility index (Phi) is 8.08. The SMILES string of the molecule is CC1=CC(c2c3ccccc3c(-c3cc(C)cc(C)c3)c3cc(-c4ccc(-c5cccc(-c6ccccc6C)c5C)cn4)ccc23)CC(C)=C1. The van der Waals surface area contributed by atoms with Crippen LogP contribution < -0.4 is 0 Å². The number of pyridine rings is 1. The largest absolute Gasteiger partial charge is 0.256 e. The highest BCUT2D eigenvalue weighted by Crippen LogP contribution is 2.46. The van der Waals surface area contributed by atoms with Crippen LogP contribution in [-0.4, -0.2) is 4.98 Å². The Hall–Kier alpha value is -5.53. The van der Waals surface area contributed by atoms with Crippen molar-refractivity contribution in [2.75, 3.05) is 0 Å². The lowest BCUT2D eigenvalue weighted by molar-refractivity contribution is 0.816.